The van der Waals surface area contributed by atoms with Gasteiger partial charge in [0.2, 0.25) is 0 Å². The predicted molar refractivity (Wildman–Crippen MR) is 77.8 cm³/mol. The van der Waals surface area contributed by atoms with E-state index in [1.807, 2.05) is 37.3 Å². The van der Waals surface area contributed by atoms with Crippen molar-refractivity contribution in [3.8, 4) is 11.3 Å². The van der Waals surface area contributed by atoms with E-state index in [9.17, 15) is 4.79 Å². The minimum atomic E-state index is -0.365. The molecule has 5 heteroatoms. The zero-order valence-electron chi connectivity index (χ0n) is 10.2. The zero-order valence-corrected chi connectivity index (χ0v) is 12.3. The van der Waals surface area contributed by atoms with Crippen molar-refractivity contribution in [2.45, 2.75) is 13.3 Å². The van der Waals surface area contributed by atoms with Crippen LogP contribution >= 0.6 is 22.9 Å². The summed E-state index contributed by atoms with van der Waals surface area (Å²) >= 11 is 2.08. The number of hydrogen-bond donors (Lipinski definition) is 0. The fourth-order valence-electron chi connectivity index (χ4n) is 1.74. The molecule has 1 heterocycles. The molecule has 94 valence electrons. The normalized spacial score (nSPS) is 10.4. The minimum absolute atomic E-state index is 0.365. The maximum Gasteiger partial charge on any atom is 0.357 e. The van der Waals surface area contributed by atoms with Crippen LogP contribution in [0.1, 0.15) is 23.2 Å². The lowest BCUT2D eigenvalue weighted by Crippen LogP contribution is -2.07. The lowest BCUT2D eigenvalue weighted by Gasteiger charge is -2.03. The van der Waals surface area contributed by atoms with Gasteiger partial charge in [-0.1, -0.05) is 37.3 Å². The number of halogens is 1. The van der Waals surface area contributed by atoms with Crippen molar-refractivity contribution in [3.63, 3.8) is 0 Å². The average Bonchev–Trinajstić information content (AvgIpc) is 2.76. The fraction of sp³-hybridized carbons (Fsp3) is 0.231. The van der Waals surface area contributed by atoms with Crippen LogP contribution in [-0.2, 0) is 11.2 Å². The van der Waals surface area contributed by atoms with Gasteiger partial charge in [-0.05, 0) is 0 Å². The van der Waals surface area contributed by atoms with Crippen molar-refractivity contribution in [2.75, 3.05) is 7.11 Å². The van der Waals surface area contributed by atoms with Crippen LogP contribution < -0.4 is 0 Å². The molecule has 0 saturated carbocycles. The fourth-order valence-corrected chi connectivity index (χ4v) is 2.61. The Labute approximate surface area is 119 Å². The molecule has 0 spiro atoms. The molecular formula is C13H13IN2O2. The predicted octanol–water partition coefficient (Wildman–Crippen LogP) is 3.10. The molecule has 0 N–H and O–H groups in total. The third-order valence-electron chi connectivity index (χ3n) is 2.63. The Bertz CT molecular complexity index is 564. The van der Waals surface area contributed by atoms with E-state index in [1.165, 1.54) is 7.11 Å². The molecule has 0 bridgehead atoms. The van der Waals surface area contributed by atoms with Gasteiger partial charge in [0.05, 0.1) is 30.0 Å². The van der Waals surface area contributed by atoms with E-state index in [-0.39, 0.29) is 5.97 Å². The highest BCUT2D eigenvalue weighted by Crippen LogP contribution is 2.26. The number of esters is 1. The van der Waals surface area contributed by atoms with Gasteiger partial charge in [-0.2, -0.15) is 0 Å². The number of carbonyl (C=O) groups is 1. The van der Waals surface area contributed by atoms with Gasteiger partial charge in [0.15, 0.2) is 5.69 Å². The van der Waals surface area contributed by atoms with Crippen molar-refractivity contribution in [1.29, 1.82) is 0 Å². The minimum Gasteiger partial charge on any atom is -0.464 e. The Morgan fingerprint density at radius 2 is 2.06 bits per heavy atom. The third-order valence-corrected chi connectivity index (χ3v) is 3.67. The molecule has 18 heavy (non-hydrogen) atoms. The van der Waals surface area contributed by atoms with Gasteiger partial charge in [0.25, 0.3) is 0 Å². The number of imidazole rings is 1. The number of methoxy groups -OCH3 is 1. The molecule has 0 fully saturated rings. The lowest BCUT2D eigenvalue weighted by molar-refractivity contribution is 0.0595. The Kier molecular flexibility index (Phi) is 4.00. The molecule has 1 aromatic heterocycles. The molecule has 0 atom stereocenters. The van der Waals surface area contributed by atoms with Gasteiger partial charge in [0.1, 0.15) is 11.5 Å². The molecule has 2 aromatic rings. The van der Waals surface area contributed by atoms with Gasteiger partial charge < -0.3 is 4.74 Å². The van der Waals surface area contributed by atoms with Crippen LogP contribution in [0.2, 0.25) is 0 Å². The van der Waals surface area contributed by atoms with Crippen LogP contribution in [0.4, 0.5) is 0 Å². The number of rotatable bonds is 3. The molecule has 0 aliphatic carbocycles. The van der Waals surface area contributed by atoms with E-state index in [2.05, 4.69) is 27.8 Å². The molecule has 4 nitrogen and oxygen atoms in total. The lowest BCUT2D eigenvalue weighted by atomic mass is 10.1. The molecule has 0 aliphatic rings. The molecule has 0 radical (unpaired) electrons. The summed E-state index contributed by atoms with van der Waals surface area (Å²) in [5, 5.41) is 0. The van der Waals surface area contributed by atoms with E-state index in [0.29, 0.717) is 11.4 Å². The summed E-state index contributed by atoms with van der Waals surface area (Å²) in [5.41, 5.74) is 2.08. The molecule has 0 unspecified atom stereocenters. The Balaban J connectivity index is 2.63. The zero-order chi connectivity index (χ0) is 13.1. The maximum absolute atomic E-state index is 11.9. The van der Waals surface area contributed by atoms with Crippen molar-refractivity contribution in [2.24, 2.45) is 0 Å². The summed E-state index contributed by atoms with van der Waals surface area (Å²) in [5.74, 6) is 0.491. The Morgan fingerprint density at radius 1 is 1.39 bits per heavy atom. The third kappa shape index (κ3) is 2.27. The second-order valence-corrected chi connectivity index (χ2v) is 4.68. The van der Waals surface area contributed by atoms with Gasteiger partial charge in [-0.15, -0.1) is 0 Å². The summed E-state index contributed by atoms with van der Waals surface area (Å²) in [6, 6.07) is 9.65. The van der Waals surface area contributed by atoms with Crippen LogP contribution in [0.25, 0.3) is 11.3 Å². The summed E-state index contributed by atoms with van der Waals surface area (Å²) < 4.78 is 6.60. The molecule has 0 aliphatic heterocycles. The van der Waals surface area contributed by atoms with Gasteiger partial charge in [0, 0.05) is 12.0 Å². The summed E-state index contributed by atoms with van der Waals surface area (Å²) in [4.78, 5) is 16.4. The van der Waals surface area contributed by atoms with E-state index in [1.54, 1.807) is 2.78 Å². The highest BCUT2D eigenvalue weighted by molar-refractivity contribution is 14.1. The van der Waals surface area contributed by atoms with Crippen molar-refractivity contribution in [1.82, 2.24) is 7.76 Å². The Morgan fingerprint density at radius 3 is 2.61 bits per heavy atom. The average molecular weight is 356 g/mol. The number of benzene rings is 1. The monoisotopic (exact) mass is 356 g/mol. The first-order valence-electron chi connectivity index (χ1n) is 5.60. The standard InChI is InChI=1S/C13H13IN2O2/c1-3-10-15-11(9-7-5-4-6-8-9)12(16(10)14)13(17)18-2/h4-8H,3H2,1-2H3. The second-order valence-electron chi connectivity index (χ2n) is 3.72. The number of aryl methyl sites for hydroxylation is 1. The number of carbonyl (C=O) groups excluding carboxylic acids is 1. The summed E-state index contributed by atoms with van der Waals surface area (Å²) in [6.45, 7) is 2.01. The molecule has 2 rings (SSSR count). The van der Waals surface area contributed by atoms with E-state index < -0.39 is 0 Å². The largest absolute Gasteiger partial charge is 0.464 e. The van der Waals surface area contributed by atoms with E-state index in [4.69, 9.17) is 4.74 Å². The summed E-state index contributed by atoms with van der Waals surface area (Å²) in [7, 11) is 1.38. The number of ether oxygens (including phenoxy) is 1. The first-order chi connectivity index (χ1) is 8.69. The molecular weight excluding hydrogens is 343 g/mol. The van der Waals surface area contributed by atoms with Crippen molar-refractivity contribution >= 4 is 28.8 Å². The molecule has 0 saturated heterocycles. The Hall–Kier alpha value is -1.37. The highest BCUT2D eigenvalue weighted by Gasteiger charge is 2.22. The van der Waals surface area contributed by atoms with Crippen molar-refractivity contribution < 1.29 is 9.53 Å². The molecule has 0 amide bonds. The highest BCUT2D eigenvalue weighted by atomic mass is 127. The number of hydrogen-bond acceptors (Lipinski definition) is 3. The van der Waals surface area contributed by atoms with Crippen LogP contribution in [0.5, 0.6) is 0 Å². The number of aromatic nitrogens is 2. The van der Waals surface area contributed by atoms with Crippen molar-refractivity contribution in [3.05, 3.63) is 41.9 Å². The molecule has 1 aromatic carbocycles. The first kappa shape index (κ1) is 13.1. The van der Waals surface area contributed by atoms with Crippen LogP contribution in [-0.4, -0.2) is 20.8 Å². The van der Waals surface area contributed by atoms with Gasteiger partial charge in [-0.25, -0.2) is 9.78 Å². The second kappa shape index (κ2) is 5.51. The van der Waals surface area contributed by atoms with Gasteiger partial charge >= 0.3 is 5.97 Å². The topological polar surface area (TPSA) is 44.1 Å². The first-order valence-corrected chi connectivity index (χ1v) is 6.57. The van der Waals surface area contributed by atoms with Crippen LogP contribution in [0.3, 0.4) is 0 Å². The SMILES string of the molecule is CCc1nc(-c2ccccc2)c(C(=O)OC)n1I. The van der Waals surface area contributed by atoms with E-state index >= 15 is 0 Å². The van der Waals surface area contributed by atoms with Crippen LogP contribution in [0.15, 0.2) is 30.3 Å². The van der Waals surface area contributed by atoms with E-state index in [0.717, 1.165) is 17.8 Å². The quantitative estimate of drug-likeness (QED) is 0.627. The summed E-state index contributed by atoms with van der Waals surface area (Å²) in [6.07, 6.45) is 0.764. The number of nitrogens with zero attached hydrogens (tertiary/aromatic N) is 2. The maximum atomic E-state index is 11.9. The van der Waals surface area contributed by atoms with Gasteiger partial charge in [-0.3, -0.25) is 2.78 Å². The smallest absolute Gasteiger partial charge is 0.357 e. The van der Waals surface area contributed by atoms with Crippen LogP contribution in [0, 0.1) is 0 Å².